The maximum absolute atomic E-state index is 10.7. The van der Waals surface area contributed by atoms with Gasteiger partial charge in [0, 0.05) is 0 Å². The number of rotatable bonds is 9. The lowest BCUT2D eigenvalue weighted by Crippen LogP contribution is -2.33. The molecule has 162 valence electrons. The zero-order valence-electron chi connectivity index (χ0n) is 19.0. The van der Waals surface area contributed by atoms with Crippen molar-refractivity contribution >= 4 is 0 Å². The highest BCUT2D eigenvalue weighted by molar-refractivity contribution is 5.09. The predicted molar refractivity (Wildman–Crippen MR) is 121 cm³/mol. The van der Waals surface area contributed by atoms with Crippen molar-refractivity contribution in [1.82, 2.24) is 0 Å². The molecule has 0 aromatic heterocycles. The van der Waals surface area contributed by atoms with Crippen molar-refractivity contribution in [2.45, 2.75) is 129 Å². The lowest BCUT2D eigenvalue weighted by molar-refractivity contribution is 0.0484. The summed E-state index contributed by atoms with van der Waals surface area (Å²) in [6.45, 7) is 4.54. The summed E-state index contributed by atoms with van der Waals surface area (Å²) >= 11 is 0. The van der Waals surface area contributed by atoms with Gasteiger partial charge in [0.15, 0.2) is 0 Å². The lowest BCUT2D eigenvalue weighted by atomic mass is 9.65. The van der Waals surface area contributed by atoms with Crippen molar-refractivity contribution in [3.8, 4) is 0 Å². The molecule has 2 saturated carbocycles. The molecule has 2 unspecified atom stereocenters. The van der Waals surface area contributed by atoms with E-state index in [4.69, 9.17) is 0 Å². The van der Waals surface area contributed by atoms with Crippen molar-refractivity contribution in [2.24, 2.45) is 29.6 Å². The van der Waals surface area contributed by atoms with E-state index in [2.05, 4.69) is 26.0 Å². The van der Waals surface area contributed by atoms with Gasteiger partial charge in [-0.1, -0.05) is 77.4 Å². The largest absolute Gasteiger partial charge is 0.386 e. The summed E-state index contributed by atoms with van der Waals surface area (Å²) in [7, 11) is 0. The zero-order valence-corrected chi connectivity index (χ0v) is 19.0. The summed E-state index contributed by atoms with van der Waals surface area (Å²) in [4.78, 5) is 0. The third-order valence-corrected chi connectivity index (χ3v) is 8.72. The Bertz CT molecular complexity index is 453. The fraction of sp³-hybridized carbons (Fsp3) is 0.926. The third kappa shape index (κ3) is 6.35. The van der Waals surface area contributed by atoms with Gasteiger partial charge in [0.25, 0.3) is 0 Å². The topological polar surface area (TPSA) is 20.2 Å². The smallest absolute Gasteiger partial charge is 0.0828 e. The molecule has 2 atom stereocenters. The first kappa shape index (κ1) is 22.4. The summed E-state index contributed by atoms with van der Waals surface area (Å²) in [5, 5.41) is 10.7. The lowest BCUT2D eigenvalue weighted by Gasteiger charge is -2.41. The van der Waals surface area contributed by atoms with Crippen molar-refractivity contribution < 1.29 is 5.11 Å². The maximum atomic E-state index is 10.7. The van der Waals surface area contributed by atoms with Crippen LogP contribution < -0.4 is 0 Å². The van der Waals surface area contributed by atoms with E-state index in [1.807, 2.05) is 0 Å². The first-order valence-electron chi connectivity index (χ1n) is 13.0. The molecule has 3 rings (SSSR count). The fourth-order valence-electron chi connectivity index (χ4n) is 6.66. The predicted octanol–water partition coefficient (Wildman–Crippen LogP) is 8.07. The van der Waals surface area contributed by atoms with Crippen LogP contribution in [-0.2, 0) is 0 Å². The van der Waals surface area contributed by atoms with Gasteiger partial charge in [0.1, 0.15) is 0 Å². The molecule has 28 heavy (non-hydrogen) atoms. The summed E-state index contributed by atoms with van der Waals surface area (Å²) in [5.41, 5.74) is -0.487. The molecule has 0 heterocycles. The van der Waals surface area contributed by atoms with Crippen molar-refractivity contribution in [1.29, 1.82) is 0 Å². The standard InChI is InChI=1S/C27H48O/c1-3-5-7-8-22-9-11-23(12-10-22)24-13-15-25(16-14-24)26-17-20-27(28,21-18-26)19-6-4-2/h17,20,22-26,28H,3-16,18-19,21H2,1-2H3. The summed E-state index contributed by atoms with van der Waals surface area (Å²) < 4.78 is 0. The van der Waals surface area contributed by atoms with Crippen molar-refractivity contribution in [2.75, 3.05) is 0 Å². The van der Waals surface area contributed by atoms with Gasteiger partial charge in [-0.25, -0.2) is 0 Å². The number of unbranched alkanes of at least 4 members (excludes halogenated alkanes) is 3. The summed E-state index contributed by atoms with van der Waals surface area (Å²) in [6.07, 6.45) is 27.9. The van der Waals surface area contributed by atoms with Crippen LogP contribution in [0.15, 0.2) is 12.2 Å². The van der Waals surface area contributed by atoms with Gasteiger partial charge in [-0.2, -0.15) is 0 Å². The maximum Gasteiger partial charge on any atom is 0.0828 e. The molecular formula is C27H48O. The van der Waals surface area contributed by atoms with E-state index in [0.29, 0.717) is 0 Å². The van der Waals surface area contributed by atoms with Gasteiger partial charge in [-0.15, -0.1) is 0 Å². The van der Waals surface area contributed by atoms with E-state index in [9.17, 15) is 5.11 Å². The quantitative estimate of drug-likeness (QED) is 0.313. The Hall–Kier alpha value is -0.300. The highest BCUT2D eigenvalue weighted by Crippen LogP contribution is 2.45. The highest BCUT2D eigenvalue weighted by atomic mass is 16.3. The molecule has 0 aliphatic heterocycles. The van der Waals surface area contributed by atoms with E-state index < -0.39 is 5.60 Å². The molecule has 3 aliphatic carbocycles. The first-order valence-corrected chi connectivity index (χ1v) is 13.0. The Morgan fingerprint density at radius 3 is 1.93 bits per heavy atom. The van der Waals surface area contributed by atoms with Crippen LogP contribution in [0.25, 0.3) is 0 Å². The van der Waals surface area contributed by atoms with E-state index >= 15 is 0 Å². The Balaban J connectivity index is 1.37. The van der Waals surface area contributed by atoms with E-state index in [-0.39, 0.29) is 0 Å². The molecular weight excluding hydrogens is 340 g/mol. The van der Waals surface area contributed by atoms with Crippen LogP contribution in [0.4, 0.5) is 0 Å². The molecule has 1 heteroatoms. The number of allylic oxidation sites excluding steroid dienone is 1. The molecule has 0 saturated heterocycles. The van der Waals surface area contributed by atoms with E-state index in [1.54, 1.807) is 0 Å². The van der Waals surface area contributed by atoms with Crippen LogP contribution in [0.2, 0.25) is 0 Å². The van der Waals surface area contributed by atoms with E-state index in [0.717, 1.165) is 48.9 Å². The van der Waals surface area contributed by atoms with Crippen LogP contribution in [0, 0.1) is 29.6 Å². The third-order valence-electron chi connectivity index (χ3n) is 8.72. The van der Waals surface area contributed by atoms with Crippen molar-refractivity contribution in [3.63, 3.8) is 0 Å². The molecule has 3 aliphatic rings. The molecule has 1 nitrogen and oxygen atoms in total. The Morgan fingerprint density at radius 1 is 0.750 bits per heavy atom. The molecule has 0 aromatic carbocycles. The van der Waals surface area contributed by atoms with Crippen LogP contribution in [0.5, 0.6) is 0 Å². The monoisotopic (exact) mass is 388 g/mol. The number of hydrogen-bond donors (Lipinski definition) is 1. The minimum absolute atomic E-state index is 0.487. The van der Waals surface area contributed by atoms with Crippen molar-refractivity contribution in [3.05, 3.63) is 12.2 Å². The first-order chi connectivity index (χ1) is 13.6. The van der Waals surface area contributed by atoms with Gasteiger partial charge in [0.2, 0.25) is 0 Å². The summed E-state index contributed by atoms with van der Waals surface area (Å²) in [6, 6.07) is 0. The molecule has 0 spiro atoms. The molecule has 1 N–H and O–H groups in total. The molecule has 0 bridgehead atoms. The normalized spacial score (nSPS) is 39.2. The average molecular weight is 389 g/mol. The second-order valence-electron chi connectivity index (χ2n) is 10.7. The Morgan fingerprint density at radius 2 is 1.36 bits per heavy atom. The van der Waals surface area contributed by atoms with Gasteiger partial charge < -0.3 is 5.11 Å². The summed E-state index contributed by atoms with van der Waals surface area (Å²) in [5.74, 6) is 4.77. The minimum atomic E-state index is -0.487. The zero-order chi connectivity index (χ0) is 19.8. The fourth-order valence-corrected chi connectivity index (χ4v) is 6.66. The highest BCUT2D eigenvalue weighted by Gasteiger charge is 2.35. The molecule has 0 aromatic rings. The second kappa shape index (κ2) is 11.2. The molecule has 0 amide bonds. The van der Waals surface area contributed by atoms with E-state index in [1.165, 1.54) is 89.9 Å². The SMILES string of the molecule is CCCCCC1CCC(C2CCC(C3C=CC(O)(CCCC)CC3)CC2)CC1. The van der Waals surface area contributed by atoms with Crippen LogP contribution in [0.1, 0.15) is 123 Å². The number of aliphatic hydroxyl groups is 1. The molecule has 2 fully saturated rings. The number of hydrogen-bond acceptors (Lipinski definition) is 1. The van der Waals surface area contributed by atoms with Crippen LogP contribution >= 0.6 is 0 Å². The second-order valence-corrected chi connectivity index (χ2v) is 10.7. The van der Waals surface area contributed by atoms with Gasteiger partial charge in [-0.05, 0) is 87.4 Å². The van der Waals surface area contributed by atoms with Crippen LogP contribution in [-0.4, -0.2) is 10.7 Å². The minimum Gasteiger partial charge on any atom is -0.386 e. The van der Waals surface area contributed by atoms with Gasteiger partial charge >= 0.3 is 0 Å². The Kier molecular flexibility index (Phi) is 8.95. The molecule has 0 radical (unpaired) electrons. The van der Waals surface area contributed by atoms with Crippen LogP contribution in [0.3, 0.4) is 0 Å². The average Bonchev–Trinajstić information content (AvgIpc) is 2.74. The van der Waals surface area contributed by atoms with Gasteiger partial charge in [-0.3, -0.25) is 0 Å². The Labute approximate surface area is 175 Å². The van der Waals surface area contributed by atoms with Gasteiger partial charge in [0.05, 0.1) is 5.60 Å².